The fraction of sp³-hybridized carbons (Fsp3) is 0.312. The van der Waals surface area contributed by atoms with Gasteiger partial charge in [-0.2, -0.15) is 4.52 Å². The van der Waals surface area contributed by atoms with Gasteiger partial charge in [-0.1, -0.05) is 12.1 Å². The Morgan fingerprint density at radius 3 is 2.45 bits per heavy atom. The van der Waals surface area contributed by atoms with Gasteiger partial charge in [-0.3, -0.25) is 0 Å². The second-order valence-corrected chi connectivity index (χ2v) is 6.32. The van der Waals surface area contributed by atoms with Crippen LogP contribution < -0.4 is 5.32 Å². The number of hydrogen-bond donors (Lipinski definition) is 2. The smallest absolute Gasteiger partial charge is 0.178 e. The number of phenolic OH excluding ortho intramolecular Hbond substituents is 1. The van der Waals surface area contributed by atoms with Gasteiger partial charge in [0.25, 0.3) is 0 Å². The third-order valence-corrected chi connectivity index (χ3v) is 3.13. The fourth-order valence-corrected chi connectivity index (χ4v) is 2.19. The highest BCUT2D eigenvalue weighted by molar-refractivity contribution is 5.45. The number of hydrogen-bond acceptors (Lipinski definition) is 5. The maximum atomic E-state index is 9.35. The zero-order valence-corrected chi connectivity index (χ0v) is 12.9. The molecule has 0 atom stereocenters. The van der Waals surface area contributed by atoms with E-state index in [-0.39, 0.29) is 11.3 Å². The molecule has 0 aliphatic carbocycles. The SMILES string of the molecule is CC(C)(C)Nc1ccc2nnc(Cc3ccc(O)cc3)n2n1. The number of benzene rings is 1. The molecule has 0 saturated carbocycles. The number of nitrogens with one attached hydrogen (secondary N) is 1. The quantitative estimate of drug-likeness (QED) is 0.777. The highest BCUT2D eigenvalue weighted by Crippen LogP contribution is 2.16. The van der Waals surface area contributed by atoms with E-state index in [4.69, 9.17) is 0 Å². The molecule has 3 rings (SSSR count). The third kappa shape index (κ3) is 3.16. The van der Waals surface area contributed by atoms with Crippen molar-refractivity contribution >= 4 is 11.5 Å². The first kappa shape index (κ1) is 14.3. The Morgan fingerprint density at radius 1 is 1.05 bits per heavy atom. The minimum Gasteiger partial charge on any atom is -0.508 e. The second-order valence-electron chi connectivity index (χ2n) is 6.32. The molecular weight excluding hydrogens is 278 g/mol. The van der Waals surface area contributed by atoms with Gasteiger partial charge < -0.3 is 10.4 Å². The Kier molecular flexibility index (Phi) is 3.44. The molecule has 2 aromatic heterocycles. The van der Waals surface area contributed by atoms with Crippen LogP contribution in [-0.2, 0) is 6.42 Å². The van der Waals surface area contributed by atoms with Crippen LogP contribution in [0.4, 0.5) is 5.82 Å². The highest BCUT2D eigenvalue weighted by Gasteiger charge is 2.13. The second kappa shape index (κ2) is 5.29. The number of anilines is 1. The predicted molar refractivity (Wildman–Crippen MR) is 85.1 cm³/mol. The molecule has 0 fully saturated rings. The first-order valence-electron chi connectivity index (χ1n) is 7.18. The molecule has 6 nitrogen and oxygen atoms in total. The van der Waals surface area contributed by atoms with Crippen molar-refractivity contribution in [3.63, 3.8) is 0 Å². The number of aromatic nitrogens is 4. The van der Waals surface area contributed by atoms with Gasteiger partial charge in [-0.15, -0.1) is 15.3 Å². The van der Waals surface area contributed by atoms with E-state index >= 15 is 0 Å². The van der Waals surface area contributed by atoms with Gasteiger partial charge in [0, 0.05) is 12.0 Å². The first-order valence-corrected chi connectivity index (χ1v) is 7.18. The molecule has 114 valence electrons. The van der Waals surface area contributed by atoms with Crippen molar-refractivity contribution in [3.8, 4) is 5.75 Å². The molecule has 2 N–H and O–H groups in total. The lowest BCUT2D eigenvalue weighted by Gasteiger charge is -2.21. The zero-order valence-electron chi connectivity index (χ0n) is 12.9. The number of fused-ring (bicyclic) bond motifs is 1. The number of rotatable bonds is 3. The maximum absolute atomic E-state index is 9.35. The monoisotopic (exact) mass is 297 g/mol. The van der Waals surface area contributed by atoms with Gasteiger partial charge in [0.2, 0.25) is 0 Å². The summed E-state index contributed by atoms with van der Waals surface area (Å²) in [4.78, 5) is 0. The van der Waals surface area contributed by atoms with Crippen LogP contribution in [0.5, 0.6) is 5.75 Å². The van der Waals surface area contributed by atoms with E-state index in [0.717, 1.165) is 17.2 Å². The summed E-state index contributed by atoms with van der Waals surface area (Å²) in [7, 11) is 0. The van der Waals surface area contributed by atoms with Crippen LogP contribution in [-0.4, -0.2) is 30.5 Å². The van der Waals surface area contributed by atoms with Gasteiger partial charge in [-0.25, -0.2) is 0 Å². The minimum atomic E-state index is -0.0637. The standard InChI is InChI=1S/C16H19N5O/c1-16(2,3)17-13-8-9-14-18-19-15(21(14)20-13)10-11-4-6-12(22)7-5-11/h4-9,22H,10H2,1-3H3,(H,17,20). The van der Waals surface area contributed by atoms with E-state index in [1.165, 1.54) is 0 Å². The molecule has 0 spiro atoms. The molecule has 0 radical (unpaired) electrons. The Hall–Kier alpha value is -2.63. The van der Waals surface area contributed by atoms with Crippen molar-refractivity contribution < 1.29 is 5.11 Å². The fourth-order valence-electron chi connectivity index (χ4n) is 2.19. The van der Waals surface area contributed by atoms with Crippen LogP contribution >= 0.6 is 0 Å². The Balaban J connectivity index is 1.92. The lowest BCUT2D eigenvalue weighted by molar-refractivity contribution is 0.475. The summed E-state index contributed by atoms with van der Waals surface area (Å²) in [5.41, 5.74) is 1.70. The van der Waals surface area contributed by atoms with Crippen LogP contribution in [0.1, 0.15) is 32.2 Å². The average molecular weight is 297 g/mol. The molecule has 0 saturated heterocycles. The van der Waals surface area contributed by atoms with E-state index in [1.807, 2.05) is 24.3 Å². The Bertz CT molecular complexity index is 786. The van der Waals surface area contributed by atoms with Crippen LogP contribution in [0.3, 0.4) is 0 Å². The van der Waals surface area contributed by atoms with E-state index < -0.39 is 0 Å². The highest BCUT2D eigenvalue weighted by atomic mass is 16.3. The van der Waals surface area contributed by atoms with Gasteiger partial charge in [0.15, 0.2) is 11.5 Å². The molecule has 0 aliphatic heterocycles. The van der Waals surface area contributed by atoms with E-state index in [0.29, 0.717) is 12.1 Å². The van der Waals surface area contributed by atoms with Gasteiger partial charge in [0.1, 0.15) is 11.6 Å². The first-order chi connectivity index (χ1) is 10.4. The normalized spacial score (nSPS) is 11.8. The molecular formula is C16H19N5O. The lowest BCUT2D eigenvalue weighted by Crippen LogP contribution is -2.27. The summed E-state index contributed by atoms with van der Waals surface area (Å²) in [5.74, 6) is 1.80. The van der Waals surface area contributed by atoms with Crippen LogP contribution in [0.2, 0.25) is 0 Å². The topological polar surface area (TPSA) is 75.3 Å². The molecule has 0 amide bonds. The zero-order chi connectivity index (χ0) is 15.7. The van der Waals surface area contributed by atoms with Crippen molar-refractivity contribution in [2.75, 3.05) is 5.32 Å². The van der Waals surface area contributed by atoms with Gasteiger partial charge in [0.05, 0.1) is 0 Å². The van der Waals surface area contributed by atoms with Crippen molar-refractivity contribution in [2.45, 2.75) is 32.7 Å². The average Bonchev–Trinajstić information content (AvgIpc) is 2.82. The van der Waals surface area contributed by atoms with Crippen molar-refractivity contribution in [1.82, 2.24) is 19.8 Å². The molecule has 6 heteroatoms. The van der Waals surface area contributed by atoms with E-state index in [9.17, 15) is 5.11 Å². The largest absolute Gasteiger partial charge is 0.508 e. The molecule has 0 aliphatic rings. The number of nitrogens with zero attached hydrogens (tertiary/aromatic N) is 4. The summed E-state index contributed by atoms with van der Waals surface area (Å²) < 4.78 is 1.75. The van der Waals surface area contributed by atoms with Crippen LogP contribution in [0, 0.1) is 0 Å². The lowest BCUT2D eigenvalue weighted by atomic mass is 10.1. The minimum absolute atomic E-state index is 0.0637. The predicted octanol–water partition coefficient (Wildman–Crippen LogP) is 2.63. The number of phenols is 1. The van der Waals surface area contributed by atoms with E-state index in [1.54, 1.807) is 16.6 Å². The van der Waals surface area contributed by atoms with Gasteiger partial charge in [-0.05, 0) is 50.6 Å². The molecule has 1 aromatic carbocycles. The molecule has 0 bridgehead atoms. The number of aromatic hydroxyl groups is 1. The molecule has 0 unspecified atom stereocenters. The Labute approximate surface area is 128 Å². The molecule has 2 heterocycles. The summed E-state index contributed by atoms with van der Waals surface area (Å²) in [6.45, 7) is 6.26. The van der Waals surface area contributed by atoms with Crippen molar-refractivity contribution in [3.05, 3.63) is 47.8 Å². The summed E-state index contributed by atoms with van der Waals surface area (Å²) in [6, 6.07) is 10.9. The summed E-state index contributed by atoms with van der Waals surface area (Å²) >= 11 is 0. The molecule has 3 aromatic rings. The summed E-state index contributed by atoms with van der Waals surface area (Å²) in [5, 5.41) is 25.6. The maximum Gasteiger partial charge on any atom is 0.178 e. The molecule has 22 heavy (non-hydrogen) atoms. The Morgan fingerprint density at radius 2 is 1.77 bits per heavy atom. The summed E-state index contributed by atoms with van der Waals surface area (Å²) in [6.07, 6.45) is 0.605. The van der Waals surface area contributed by atoms with Crippen LogP contribution in [0.25, 0.3) is 5.65 Å². The van der Waals surface area contributed by atoms with Crippen molar-refractivity contribution in [2.24, 2.45) is 0 Å². The van der Waals surface area contributed by atoms with Crippen molar-refractivity contribution in [1.29, 1.82) is 0 Å². The third-order valence-electron chi connectivity index (χ3n) is 3.13. The van der Waals surface area contributed by atoms with E-state index in [2.05, 4.69) is 41.4 Å². The van der Waals surface area contributed by atoms with Gasteiger partial charge >= 0.3 is 0 Å². The van der Waals surface area contributed by atoms with Crippen LogP contribution in [0.15, 0.2) is 36.4 Å².